The van der Waals surface area contributed by atoms with E-state index in [9.17, 15) is 18.0 Å². The molecule has 0 bridgehead atoms. The minimum absolute atomic E-state index is 0.0261. The summed E-state index contributed by atoms with van der Waals surface area (Å²) >= 11 is 1.67. The van der Waals surface area contributed by atoms with Gasteiger partial charge >= 0.3 is 12.0 Å². The molecule has 0 rings (SSSR count). The SMILES string of the molecule is CSCCC(C)N(C)C(=O)NC(CCS(C)(=O)=O)C(=O)O. The van der Waals surface area contributed by atoms with Crippen LogP contribution in [0.1, 0.15) is 19.8 Å². The van der Waals surface area contributed by atoms with Gasteiger partial charge in [-0.1, -0.05) is 0 Å². The molecule has 2 N–H and O–H groups in total. The number of amides is 2. The van der Waals surface area contributed by atoms with Gasteiger partial charge in [0.15, 0.2) is 0 Å². The lowest BCUT2D eigenvalue weighted by Gasteiger charge is -2.26. The van der Waals surface area contributed by atoms with Crippen LogP contribution in [-0.4, -0.2) is 73.6 Å². The van der Waals surface area contributed by atoms with Gasteiger partial charge in [0.25, 0.3) is 0 Å². The van der Waals surface area contributed by atoms with E-state index in [-0.39, 0.29) is 18.2 Å². The molecule has 0 aliphatic carbocycles. The molecule has 0 fully saturated rings. The Morgan fingerprint density at radius 2 is 1.90 bits per heavy atom. The Labute approximate surface area is 130 Å². The largest absolute Gasteiger partial charge is 0.480 e. The topological polar surface area (TPSA) is 104 Å². The van der Waals surface area contributed by atoms with Gasteiger partial charge < -0.3 is 15.3 Å². The Morgan fingerprint density at radius 1 is 1.33 bits per heavy atom. The maximum absolute atomic E-state index is 12.0. The lowest BCUT2D eigenvalue weighted by Crippen LogP contribution is -2.49. The third kappa shape index (κ3) is 8.82. The maximum atomic E-state index is 12.0. The zero-order valence-corrected chi connectivity index (χ0v) is 14.5. The third-order valence-corrected chi connectivity index (χ3v) is 4.72. The molecule has 0 saturated carbocycles. The number of carbonyl (C=O) groups is 2. The van der Waals surface area contributed by atoms with Crippen molar-refractivity contribution in [1.29, 1.82) is 0 Å². The summed E-state index contributed by atoms with van der Waals surface area (Å²) < 4.78 is 22.2. The van der Waals surface area contributed by atoms with Gasteiger partial charge in [-0.25, -0.2) is 18.0 Å². The highest BCUT2D eigenvalue weighted by molar-refractivity contribution is 7.98. The second kappa shape index (κ2) is 9.14. The molecule has 7 nitrogen and oxygen atoms in total. The molecular weight excluding hydrogens is 316 g/mol. The van der Waals surface area contributed by atoms with Crippen molar-refractivity contribution >= 4 is 33.6 Å². The van der Waals surface area contributed by atoms with Crippen LogP contribution >= 0.6 is 11.8 Å². The minimum Gasteiger partial charge on any atom is -0.480 e. The number of hydrogen-bond donors (Lipinski definition) is 2. The van der Waals surface area contributed by atoms with Gasteiger partial charge in [-0.2, -0.15) is 11.8 Å². The fourth-order valence-electron chi connectivity index (χ4n) is 1.52. The zero-order chi connectivity index (χ0) is 16.6. The van der Waals surface area contributed by atoms with E-state index in [1.807, 2.05) is 13.2 Å². The lowest BCUT2D eigenvalue weighted by molar-refractivity contribution is -0.139. The number of nitrogens with zero attached hydrogens (tertiary/aromatic N) is 1. The molecule has 9 heteroatoms. The normalized spacial score (nSPS) is 14.3. The van der Waals surface area contributed by atoms with Crippen molar-refractivity contribution in [3.05, 3.63) is 0 Å². The molecule has 2 atom stereocenters. The van der Waals surface area contributed by atoms with E-state index in [0.717, 1.165) is 18.4 Å². The van der Waals surface area contributed by atoms with E-state index < -0.39 is 27.9 Å². The molecule has 2 unspecified atom stereocenters. The molecule has 0 aromatic carbocycles. The second-order valence-corrected chi connectivity index (χ2v) is 8.25. The van der Waals surface area contributed by atoms with E-state index in [2.05, 4.69) is 5.32 Å². The first-order chi connectivity index (χ1) is 9.58. The van der Waals surface area contributed by atoms with Crippen molar-refractivity contribution in [3.8, 4) is 0 Å². The quantitative estimate of drug-likeness (QED) is 0.639. The Hall–Kier alpha value is -0.960. The predicted molar refractivity (Wildman–Crippen MR) is 84.5 cm³/mol. The summed E-state index contributed by atoms with van der Waals surface area (Å²) in [6.45, 7) is 1.88. The molecule has 0 heterocycles. The highest BCUT2D eigenvalue weighted by Crippen LogP contribution is 2.07. The summed E-state index contributed by atoms with van der Waals surface area (Å²) in [7, 11) is -1.68. The molecule has 2 amide bonds. The number of sulfone groups is 1. The monoisotopic (exact) mass is 340 g/mol. The van der Waals surface area contributed by atoms with Crippen LogP contribution in [0.4, 0.5) is 4.79 Å². The van der Waals surface area contributed by atoms with Gasteiger partial charge in [-0.3, -0.25) is 0 Å². The number of rotatable bonds is 9. The highest BCUT2D eigenvalue weighted by atomic mass is 32.2. The first-order valence-corrected chi connectivity index (χ1v) is 9.96. The van der Waals surface area contributed by atoms with Crippen molar-refractivity contribution in [2.24, 2.45) is 0 Å². The number of carbonyl (C=O) groups excluding carboxylic acids is 1. The fourth-order valence-corrected chi connectivity index (χ4v) is 2.76. The van der Waals surface area contributed by atoms with Crippen LogP contribution in [0.15, 0.2) is 0 Å². The molecule has 0 saturated heterocycles. The zero-order valence-electron chi connectivity index (χ0n) is 12.8. The van der Waals surface area contributed by atoms with Crippen LogP contribution in [-0.2, 0) is 14.6 Å². The minimum atomic E-state index is -3.27. The number of nitrogens with one attached hydrogen (secondary N) is 1. The molecule has 0 aliphatic rings. The van der Waals surface area contributed by atoms with Crippen LogP contribution in [0.25, 0.3) is 0 Å². The average Bonchev–Trinajstić information content (AvgIpc) is 2.37. The van der Waals surface area contributed by atoms with Crippen LogP contribution < -0.4 is 5.32 Å². The summed E-state index contributed by atoms with van der Waals surface area (Å²) in [6.07, 6.45) is 3.65. The van der Waals surface area contributed by atoms with Crippen LogP contribution in [0.5, 0.6) is 0 Å². The van der Waals surface area contributed by atoms with Gasteiger partial charge in [0.2, 0.25) is 0 Å². The Balaban J connectivity index is 4.56. The Kier molecular flexibility index (Phi) is 8.72. The molecular formula is C12H24N2O5S2. The van der Waals surface area contributed by atoms with Crippen molar-refractivity contribution in [3.63, 3.8) is 0 Å². The molecule has 0 spiro atoms. The van der Waals surface area contributed by atoms with E-state index >= 15 is 0 Å². The van der Waals surface area contributed by atoms with Gasteiger partial charge in [0, 0.05) is 19.3 Å². The summed E-state index contributed by atoms with van der Waals surface area (Å²) in [4.78, 5) is 24.5. The van der Waals surface area contributed by atoms with Gasteiger partial charge in [-0.15, -0.1) is 0 Å². The van der Waals surface area contributed by atoms with Crippen molar-refractivity contribution in [2.75, 3.05) is 31.1 Å². The lowest BCUT2D eigenvalue weighted by atomic mass is 10.2. The predicted octanol–water partition coefficient (Wildman–Crippen LogP) is 0.657. The van der Waals surface area contributed by atoms with Crippen LogP contribution in [0, 0.1) is 0 Å². The van der Waals surface area contributed by atoms with Gasteiger partial charge in [0.1, 0.15) is 15.9 Å². The van der Waals surface area contributed by atoms with E-state index in [1.54, 1.807) is 18.8 Å². The van der Waals surface area contributed by atoms with Crippen molar-refractivity contribution < 1.29 is 23.1 Å². The summed E-state index contributed by atoms with van der Waals surface area (Å²) in [6, 6.07) is -1.74. The number of aliphatic carboxylic acids is 1. The first kappa shape index (κ1) is 20.0. The van der Waals surface area contributed by atoms with Gasteiger partial charge in [0.05, 0.1) is 5.75 Å². The number of urea groups is 1. The second-order valence-electron chi connectivity index (χ2n) is 5.00. The average molecular weight is 340 g/mol. The Morgan fingerprint density at radius 3 is 2.33 bits per heavy atom. The smallest absolute Gasteiger partial charge is 0.326 e. The van der Waals surface area contributed by atoms with E-state index in [0.29, 0.717) is 0 Å². The number of carboxylic acids is 1. The van der Waals surface area contributed by atoms with Crippen molar-refractivity contribution in [1.82, 2.24) is 10.2 Å². The van der Waals surface area contributed by atoms with Crippen LogP contribution in [0.3, 0.4) is 0 Å². The Bertz CT molecular complexity index is 453. The van der Waals surface area contributed by atoms with Crippen molar-refractivity contribution in [2.45, 2.75) is 31.8 Å². The fraction of sp³-hybridized carbons (Fsp3) is 0.833. The summed E-state index contributed by atoms with van der Waals surface area (Å²) in [5.41, 5.74) is 0. The molecule has 0 aromatic heterocycles. The standard InChI is InChI=1S/C12H24N2O5S2/c1-9(5-7-20-3)14(2)12(17)13-10(11(15)16)6-8-21(4,18)19/h9-10H,5-8H2,1-4H3,(H,13,17)(H,15,16). The van der Waals surface area contributed by atoms with E-state index in [4.69, 9.17) is 5.11 Å². The molecule has 0 aliphatic heterocycles. The number of hydrogen-bond acceptors (Lipinski definition) is 5. The summed E-state index contributed by atoms with van der Waals surface area (Å²) in [5.74, 6) is -0.622. The van der Waals surface area contributed by atoms with Gasteiger partial charge in [-0.05, 0) is 31.8 Å². The highest BCUT2D eigenvalue weighted by Gasteiger charge is 2.24. The first-order valence-electron chi connectivity index (χ1n) is 6.51. The molecule has 0 radical (unpaired) electrons. The number of carboxylic acid groups (broad SMARTS) is 1. The molecule has 21 heavy (non-hydrogen) atoms. The molecule has 0 aromatic rings. The summed E-state index contributed by atoms with van der Waals surface area (Å²) in [5, 5.41) is 11.4. The van der Waals surface area contributed by atoms with E-state index in [1.165, 1.54) is 4.90 Å². The maximum Gasteiger partial charge on any atom is 0.326 e. The third-order valence-electron chi connectivity index (χ3n) is 3.09. The van der Waals surface area contributed by atoms with Crippen LogP contribution in [0.2, 0.25) is 0 Å². The molecule has 124 valence electrons. The number of thioether (sulfide) groups is 1.